The molecular formula is C24H31N3O5. The predicted molar refractivity (Wildman–Crippen MR) is 121 cm³/mol. The molecule has 8 heteroatoms. The van der Waals surface area contributed by atoms with E-state index in [1.165, 1.54) is 12.1 Å². The average Bonchev–Trinajstić information content (AvgIpc) is 2.74. The van der Waals surface area contributed by atoms with Crippen LogP contribution in [0.2, 0.25) is 0 Å². The topological polar surface area (TPSA) is 142 Å². The van der Waals surface area contributed by atoms with Gasteiger partial charge in [0.1, 0.15) is 17.8 Å². The molecule has 6 N–H and O–H groups in total. The minimum atomic E-state index is -1.20. The number of hydrogen-bond acceptors (Lipinski definition) is 5. The number of hydrogen-bond donors (Lipinski definition) is 5. The number of benzene rings is 2. The Kier molecular flexibility index (Phi) is 9.22. The molecule has 32 heavy (non-hydrogen) atoms. The summed E-state index contributed by atoms with van der Waals surface area (Å²) in [5.41, 5.74) is 7.42. The molecule has 2 amide bonds. The van der Waals surface area contributed by atoms with Gasteiger partial charge in [0.05, 0.1) is 6.04 Å². The van der Waals surface area contributed by atoms with Crippen molar-refractivity contribution in [2.24, 2.45) is 11.7 Å². The molecule has 0 unspecified atom stereocenters. The lowest BCUT2D eigenvalue weighted by Gasteiger charge is -2.23. The van der Waals surface area contributed by atoms with Gasteiger partial charge in [0.2, 0.25) is 11.8 Å². The fraction of sp³-hybridized carbons (Fsp3) is 0.375. The first-order valence-corrected chi connectivity index (χ1v) is 10.6. The van der Waals surface area contributed by atoms with Crippen LogP contribution in [0.15, 0.2) is 54.6 Å². The highest BCUT2D eigenvalue weighted by atomic mass is 16.4. The number of nitrogens with one attached hydrogen (secondary N) is 2. The van der Waals surface area contributed by atoms with E-state index in [2.05, 4.69) is 10.6 Å². The van der Waals surface area contributed by atoms with E-state index in [0.29, 0.717) is 12.0 Å². The molecule has 2 rings (SSSR count). The van der Waals surface area contributed by atoms with Crippen molar-refractivity contribution in [3.63, 3.8) is 0 Å². The average molecular weight is 442 g/mol. The molecule has 172 valence electrons. The molecule has 0 aliphatic carbocycles. The number of rotatable bonds is 11. The third-order valence-corrected chi connectivity index (χ3v) is 4.97. The lowest BCUT2D eigenvalue weighted by Crippen LogP contribution is -2.55. The summed E-state index contributed by atoms with van der Waals surface area (Å²) in [7, 11) is 0. The third-order valence-electron chi connectivity index (χ3n) is 4.97. The zero-order valence-corrected chi connectivity index (χ0v) is 18.3. The highest BCUT2D eigenvalue weighted by Crippen LogP contribution is 2.12. The van der Waals surface area contributed by atoms with Crippen molar-refractivity contribution in [3.8, 4) is 5.75 Å². The fourth-order valence-electron chi connectivity index (χ4n) is 3.29. The zero-order chi connectivity index (χ0) is 23.7. The van der Waals surface area contributed by atoms with E-state index in [0.717, 1.165) is 5.56 Å². The van der Waals surface area contributed by atoms with E-state index >= 15 is 0 Å². The number of phenols is 1. The maximum absolute atomic E-state index is 13.0. The molecule has 2 aromatic carbocycles. The summed E-state index contributed by atoms with van der Waals surface area (Å²) in [5.74, 6) is -2.00. The molecule has 0 fully saturated rings. The highest BCUT2D eigenvalue weighted by Gasteiger charge is 2.28. The molecule has 0 aliphatic rings. The van der Waals surface area contributed by atoms with Crippen molar-refractivity contribution in [1.82, 2.24) is 10.6 Å². The van der Waals surface area contributed by atoms with Crippen molar-refractivity contribution < 1.29 is 24.6 Å². The standard InChI is InChI=1S/C24H31N3O5/c1-15(2)12-19(25)22(29)26-20(13-16-6-4-3-5-7-16)23(30)27-21(24(31)32)14-17-8-10-18(28)11-9-17/h3-11,15,19-21,28H,12-14,25H2,1-2H3,(H,26,29)(H,27,30)(H,31,32)/t19-,20-,21-/m0/s1. The minimum Gasteiger partial charge on any atom is -0.508 e. The summed E-state index contributed by atoms with van der Waals surface area (Å²) in [5, 5.41) is 24.2. The van der Waals surface area contributed by atoms with Gasteiger partial charge in [-0.15, -0.1) is 0 Å². The van der Waals surface area contributed by atoms with Crippen LogP contribution in [0.1, 0.15) is 31.4 Å². The second-order valence-electron chi connectivity index (χ2n) is 8.26. The van der Waals surface area contributed by atoms with Gasteiger partial charge in [-0.1, -0.05) is 56.3 Å². The fourth-order valence-corrected chi connectivity index (χ4v) is 3.29. The van der Waals surface area contributed by atoms with Crippen LogP contribution in [0, 0.1) is 5.92 Å². The first kappa shape index (κ1) is 24.9. The zero-order valence-electron chi connectivity index (χ0n) is 18.3. The normalized spacial score (nSPS) is 13.8. The Hall–Kier alpha value is -3.39. The number of aliphatic carboxylic acids is 1. The summed E-state index contributed by atoms with van der Waals surface area (Å²) >= 11 is 0. The Morgan fingerprint density at radius 3 is 1.94 bits per heavy atom. The van der Waals surface area contributed by atoms with E-state index in [1.54, 1.807) is 12.1 Å². The Morgan fingerprint density at radius 2 is 1.38 bits per heavy atom. The highest BCUT2D eigenvalue weighted by molar-refractivity contribution is 5.92. The Bertz CT molecular complexity index is 900. The molecule has 8 nitrogen and oxygen atoms in total. The van der Waals surface area contributed by atoms with Crippen LogP contribution in [0.25, 0.3) is 0 Å². The van der Waals surface area contributed by atoms with Gasteiger partial charge in [-0.2, -0.15) is 0 Å². The maximum atomic E-state index is 13.0. The second-order valence-corrected chi connectivity index (χ2v) is 8.26. The predicted octanol–water partition coefficient (Wildman–Crippen LogP) is 1.61. The molecule has 0 saturated heterocycles. The maximum Gasteiger partial charge on any atom is 0.326 e. The summed E-state index contributed by atoms with van der Waals surface area (Å²) in [6.45, 7) is 3.89. The summed E-state index contributed by atoms with van der Waals surface area (Å²) in [6, 6.07) is 12.3. The number of carbonyl (C=O) groups is 3. The van der Waals surface area contributed by atoms with E-state index < -0.39 is 35.9 Å². The van der Waals surface area contributed by atoms with E-state index in [9.17, 15) is 24.6 Å². The van der Waals surface area contributed by atoms with Gasteiger partial charge in [-0.25, -0.2) is 4.79 Å². The van der Waals surface area contributed by atoms with Gasteiger partial charge in [0, 0.05) is 12.8 Å². The van der Waals surface area contributed by atoms with E-state index in [-0.39, 0.29) is 24.5 Å². The Labute approximate surface area is 187 Å². The number of aromatic hydroxyl groups is 1. The molecule has 0 radical (unpaired) electrons. The van der Waals surface area contributed by atoms with E-state index in [1.807, 2.05) is 44.2 Å². The number of carboxylic acids is 1. The molecule has 2 aromatic rings. The molecular weight excluding hydrogens is 410 g/mol. The second kappa shape index (κ2) is 11.9. The third kappa shape index (κ3) is 8.03. The monoisotopic (exact) mass is 441 g/mol. The van der Waals surface area contributed by atoms with Crippen molar-refractivity contribution in [1.29, 1.82) is 0 Å². The van der Waals surface area contributed by atoms with Crippen molar-refractivity contribution in [2.75, 3.05) is 0 Å². The van der Waals surface area contributed by atoms with Gasteiger partial charge >= 0.3 is 5.97 Å². The van der Waals surface area contributed by atoms with Crippen LogP contribution in [-0.4, -0.2) is 46.1 Å². The number of phenolic OH excluding ortho intramolecular Hbond substituents is 1. The van der Waals surface area contributed by atoms with Crippen molar-refractivity contribution in [3.05, 3.63) is 65.7 Å². The molecule has 0 aromatic heterocycles. The van der Waals surface area contributed by atoms with Crippen LogP contribution >= 0.6 is 0 Å². The summed E-state index contributed by atoms with van der Waals surface area (Å²) in [4.78, 5) is 37.4. The Morgan fingerprint density at radius 1 is 0.844 bits per heavy atom. The molecule has 0 spiro atoms. The molecule has 0 heterocycles. The first-order chi connectivity index (χ1) is 15.2. The molecule has 0 bridgehead atoms. The van der Waals surface area contributed by atoms with Gasteiger partial charge < -0.3 is 26.6 Å². The SMILES string of the molecule is CC(C)C[C@H](N)C(=O)N[C@@H](Cc1ccccc1)C(=O)N[C@@H](Cc1ccc(O)cc1)C(=O)O. The van der Waals surface area contributed by atoms with Crippen LogP contribution in [0.5, 0.6) is 5.75 Å². The van der Waals surface area contributed by atoms with Gasteiger partial charge in [-0.05, 0) is 35.6 Å². The number of nitrogens with two attached hydrogens (primary N) is 1. The number of amides is 2. The van der Waals surface area contributed by atoms with Crippen molar-refractivity contribution >= 4 is 17.8 Å². The lowest BCUT2D eigenvalue weighted by atomic mass is 10.0. The minimum absolute atomic E-state index is 0.0280. The number of carbonyl (C=O) groups excluding carboxylic acids is 2. The van der Waals surface area contributed by atoms with Crippen LogP contribution < -0.4 is 16.4 Å². The number of carboxylic acid groups (broad SMARTS) is 1. The summed E-state index contributed by atoms with van der Waals surface area (Å²) < 4.78 is 0. The van der Waals surface area contributed by atoms with E-state index in [4.69, 9.17) is 5.73 Å². The van der Waals surface area contributed by atoms with Crippen LogP contribution in [0.3, 0.4) is 0 Å². The largest absolute Gasteiger partial charge is 0.508 e. The Balaban J connectivity index is 2.15. The smallest absolute Gasteiger partial charge is 0.326 e. The van der Waals surface area contributed by atoms with Crippen LogP contribution in [0.4, 0.5) is 0 Å². The molecule has 3 atom stereocenters. The molecule has 0 aliphatic heterocycles. The van der Waals surface area contributed by atoms with Crippen LogP contribution in [-0.2, 0) is 27.2 Å². The van der Waals surface area contributed by atoms with Crippen molar-refractivity contribution in [2.45, 2.75) is 51.2 Å². The van der Waals surface area contributed by atoms with Gasteiger partial charge in [0.15, 0.2) is 0 Å². The van der Waals surface area contributed by atoms with Gasteiger partial charge in [0.25, 0.3) is 0 Å². The lowest BCUT2D eigenvalue weighted by molar-refractivity contribution is -0.142. The first-order valence-electron chi connectivity index (χ1n) is 10.6. The molecule has 0 saturated carbocycles. The quantitative estimate of drug-likeness (QED) is 0.359. The van der Waals surface area contributed by atoms with Gasteiger partial charge in [-0.3, -0.25) is 9.59 Å². The summed E-state index contributed by atoms with van der Waals surface area (Å²) in [6.07, 6.45) is 0.683.